The topological polar surface area (TPSA) is 0 Å². The highest BCUT2D eigenvalue weighted by Crippen LogP contribution is 2.27. The van der Waals surface area contributed by atoms with Gasteiger partial charge in [0.05, 0.1) is 0 Å². The number of unbranched alkanes of at least 4 members (excludes halogenated alkanes) is 16. The molecule has 0 saturated carbocycles. The van der Waals surface area contributed by atoms with Gasteiger partial charge in [0, 0.05) is 0 Å². The molecule has 30 heavy (non-hydrogen) atoms. The van der Waals surface area contributed by atoms with E-state index < -0.39 is 0 Å². The minimum Gasteiger partial charge on any atom is -0.0885 e. The van der Waals surface area contributed by atoms with Gasteiger partial charge in [-0.2, -0.15) is 0 Å². The maximum Gasteiger partial charge on any atom is -0.0351 e. The van der Waals surface area contributed by atoms with Gasteiger partial charge in [-0.1, -0.05) is 149 Å². The highest BCUT2D eigenvalue weighted by molar-refractivity contribution is 4.82. The summed E-state index contributed by atoms with van der Waals surface area (Å²) in [6, 6.07) is 0. The van der Waals surface area contributed by atoms with Gasteiger partial charge in [0.15, 0.2) is 0 Å². The number of hydrogen-bond acceptors (Lipinski definition) is 0. The van der Waals surface area contributed by atoms with Crippen LogP contribution in [0.15, 0.2) is 12.2 Å². The predicted octanol–water partition coefficient (Wildman–Crippen LogP) is 11.1. The number of rotatable bonds is 24. The zero-order valence-electron chi connectivity index (χ0n) is 21.3. The van der Waals surface area contributed by atoms with Gasteiger partial charge in [-0.3, -0.25) is 0 Å². The van der Waals surface area contributed by atoms with E-state index in [0.717, 1.165) is 24.7 Å². The van der Waals surface area contributed by atoms with E-state index >= 15 is 0 Å². The zero-order chi connectivity index (χ0) is 22.1. The van der Waals surface area contributed by atoms with Gasteiger partial charge in [-0.15, -0.1) is 0 Å². The zero-order valence-corrected chi connectivity index (χ0v) is 21.3. The van der Waals surface area contributed by atoms with Gasteiger partial charge in [-0.25, -0.2) is 0 Å². The van der Waals surface area contributed by atoms with Gasteiger partial charge >= 0.3 is 0 Å². The molecule has 0 amide bonds. The molecule has 0 aliphatic heterocycles. The first-order chi connectivity index (χ1) is 14.8. The summed E-state index contributed by atoms with van der Waals surface area (Å²) in [5.74, 6) is 1.86. The Kier molecular flexibility index (Phi) is 24.8. The Balaban J connectivity index is 3.65. The van der Waals surface area contributed by atoms with Crippen LogP contribution in [0.4, 0.5) is 0 Å². The van der Waals surface area contributed by atoms with Crippen LogP contribution in [0.3, 0.4) is 0 Å². The van der Waals surface area contributed by atoms with E-state index in [-0.39, 0.29) is 0 Å². The van der Waals surface area contributed by atoms with Gasteiger partial charge in [0.25, 0.3) is 0 Å². The minimum absolute atomic E-state index is 0.903. The van der Waals surface area contributed by atoms with Crippen LogP contribution in [0.1, 0.15) is 155 Å². The molecule has 0 rings (SSSR count). The second-order valence-electron chi connectivity index (χ2n) is 9.78. The van der Waals surface area contributed by atoms with Crippen molar-refractivity contribution in [3.05, 3.63) is 26.0 Å². The predicted molar refractivity (Wildman–Crippen MR) is 140 cm³/mol. The SMILES string of the molecule is [CH2]CCCCCCC=CCCCC(CCCCCCCCCCCC[CH2])C(C)CC. The van der Waals surface area contributed by atoms with Crippen LogP contribution in [-0.2, 0) is 0 Å². The van der Waals surface area contributed by atoms with Crippen molar-refractivity contribution in [2.45, 2.75) is 155 Å². The highest BCUT2D eigenvalue weighted by atomic mass is 14.2. The molecule has 0 aromatic heterocycles. The Morgan fingerprint density at radius 2 is 0.933 bits per heavy atom. The molecule has 0 aromatic rings. The normalized spacial score (nSPS) is 13.9. The molecule has 0 heterocycles. The first kappa shape index (κ1) is 29.7. The number of allylic oxidation sites excluding steroid dienone is 2. The van der Waals surface area contributed by atoms with Crippen molar-refractivity contribution in [2.75, 3.05) is 0 Å². The molecule has 2 unspecified atom stereocenters. The van der Waals surface area contributed by atoms with Crippen LogP contribution < -0.4 is 0 Å². The first-order valence-electron chi connectivity index (χ1n) is 14.0. The van der Waals surface area contributed by atoms with Crippen molar-refractivity contribution in [3.8, 4) is 0 Å². The fraction of sp³-hybridized carbons (Fsp3) is 0.867. The van der Waals surface area contributed by atoms with Crippen molar-refractivity contribution >= 4 is 0 Å². The van der Waals surface area contributed by atoms with Crippen molar-refractivity contribution < 1.29 is 0 Å². The van der Waals surface area contributed by atoms with Crippen LogP contribution in [0, 0.1) is 25.7 Å². The van der Waals surface area contributed by atoms with Crippen LogP contribution >= 0.6 is 0 Å². The van der Waals surface area contributed by atoms with Gasteiger partial charge in [0.2, 0.25) is 0 Å². The average Bonchev–Trinajstić information content (AvgIpc) is 2.76. The Hall–Kier alpha value is -0.260. The average molecular weight is 419 g/mol. The summed E-state index contributed by atoms with van der Waals surface area (Å²) in [5.41, 5.74) is 0. The van der Waals surface area contributed by atoms with Crippen molar-refractivity contribution in [3.63, 3.8) is 0 Å². The Labute approximate surface area is 193 Å². The molecule has 2 atom stereocenters. The molecule has 0 spiro atoms. The third-order valence-corrected chi connectivity index (χ3v) is 7.01. The lowest BCUT2D eigenvalue weighted by Gasteiger charge is -2.23. The fourth-order valence-electron chi connectivity index (χ4n) is 4.57. The van der Waals surface area contributed by atoms with Gasteiger partial charge in [-0.05, 0) is 43.9 Å². The van der Waals surface area contributed by atoms with Crippen molar-refractivity contribution in [1.29, 1.82) is 0 Å². The standard InChI is InChI=1S/C30H58/c1-5-8-10-12-14-16-18-20-22-24-26-28-30(29(4)7-3)27-25-23-21-19-17-15-13-11-9-6-2/h19,21,29-30H,1-2,5-18,20,22-28H2,3-4H3. The third-order valence-electron chi connectivity index (χ3n) is 7.01. The molecule has 0 aliphatic carbocycles. The molecule has 2 radical (unpaired) electrons. The van der Waals surface area contributed by atoms with E-state index in [1.165, 1.54) is 128 Å². The van der Waals surface area contributed by atoms with Crippen LogP contribution in [0.5, 0.6) is 0 Å². The minimum atomic E-state index is 0.903. The second-order valence-corrected chi connectivity index (χ2v) is 9.78. The molecular formula is C30H58. The Bertz CT molecular complexity index is 329. The summed E-state index contributed by atoms with van der Waals surface area (Å²) in [4.78, 5) is 0. The smallest absolute Gasteiger partial charge is 0.0351 e. The van der Waals surface area contributed by atoms with Crippen molar-refractivity contribution in [2.24, 2.45) is 11.8 Å². The lowest BCUT2D eigenvalue weighted by atomic mass is 9.83. The van der Waals surface area contributed by atoms with E-state index in [1.807, 2.05) is 0 Å². The largest absolute Gasteiger partial charge is 0.0885 e. The summed E-state index contributed by atoms with van der Waals surface area (Å²) in [6.07, 6.45) is 35.1. The van der Waals surface area contributed by atoms with E-state index in [2.05, 4.69) is 39.8 Å². The monoisotopic (exact) mass is 418 g/mol. The molecule has 0 heteroatoms. The van der Waals surface area contributed by atoms with Crippen molar-refractivity contribution in [1.82, 2.24) is 0 Å². The third kappa shape index (κ3) is 21.0. The number of hydrogen-bond donors (Lipinski definition) is 0. The molecule has 178 valence electrons. The molecule has 0 saturated heterocycles. The van der Waals surface area contributed by atoms with E-state index in [9.17, 15) is 0 Å². The van der Waals surface area contributed by atoms with Gasteiger partial charge < -0.3 is 0 Å². The Morgan fingerprint density at radius 1 is 0.533 bits per heavy atom. The summed E-state index contributed by atoms with van der Waals surface area (Å²) >= 11 is 0. The molecule has 0 N–H and O–H groups in total. The molecular weight excluding hydrogens is 360 g/mol. The van der Waals surface area contributed by atoms with E-state index in [0.29, 0.717) is 0 Å². The lowest BCUT2D eigenvalue weighted by molar-refractivity contribution is 0.292. The molecule has 0 bridgehead atoms. The quantitative estimate of drug-likeness (QED) is 0.108. The maximum absolute atomic E-state index is 3.93. The van der Waals surface area contributed by atoms with E-state index in [4.69, 9.17) is 0 Å². The summed E-state index contributed by atoms with van der Waals surface area (Å²) in [7, 11) is 0. The summed E-state index contributed by atoms with van der Waals surface area (Å²) < 4.78 is 0. The Morgan fingerprint density at radius 3 is 1.43 bits per heavy atom. The second kappa shape index (κ2) is 25.0. The molecule has 0 aliphatic rings. The lowest BCUT2D eigenvalue weighted by Crippen LogP contribution is -2.11. The maximum atomic E-state index is 3.93. The van der Waals surface area contributed by atoms with E-state index in [1.54, 1.807) is 0 Å². The van der Waals surface area contributed by atoms with Crippen LogP contribution in [0.25, 0.3) is 0 Å². The molecule has 0 aromatic carbocycles. The summed E-state index contributed by atoms with van der Waals surface area (Å²) in [5, 5.41) is 0. The first-order valence-corrected chi connectivity index (χ1v) is 14.0. The van der Waals surface area contributed by atoms with Crippen LogP contribution in [-0.4, -0.2) is 0 Å². The van der Waals surface area contributed by atoms with Gasteiger partial charge in [0.1, 0.15) is 0 Å². The highest BCUT2D eigenvalue weighted by Gasteiger charge is 2.14. The van der Waals surface area contributed by atoms with Crippen LogP contribution in [0.2, 0.25) is 0 Å². The fourth-order valence-corrected chi connectivity index (χ4v) is 4.57. The summed E-state index contributed by atoms with van der Waals surface area (Å²) in [6.45, 7) is 12.7. The molecule has 0 nitrogen and oxygen atoms in total. The molecule has 0 fully saturated rings.